The Labute approximate surface area is 129 Å². The van der Waals surface area contributed by atoms with E-state index in [1.807, 2.05) is 37.3 Å². The smallest absolute Gasteiger partial charge is 0.336 e. The molecule has 22 heavy (non-hydrogen) atoms. The fraction of sp³-hybridized carbons (Fsp3) is 0.167. The number of benzene rings is 2. The fourth-order valence-electron chi connectivity index (χ4n) is 1.91. The molecule has 0 unspecified atom stereocenters. The molecule has 0 fully saturated rings. The molecule has 0 spiro atoms. The Balaban J connectivity index is 2.08. The molecule has 0 saturated carbocycles. The van der Waals surface area contributed by atoms with Gasteiger partial charge in [0.05, 0.1) is 13.7 Å². The van der Waals surface area contributed by atoms with Gasteiger partial charge in [0.15, 0.2) is 11.5 Å². The van der Waals surface area contributed by atoms with Crippen molar-refractivity contribution in [2.45, 2.75) is 6.92 Å². The molecule has 114 valence electrons. The predicted octanol–water partition coefficient (Wildman–Crippen LogP) is 3.71. The number of methoxy groups -OCH3 is 1. The van der Waals surface area contributed by atoms with Gasteiger partial charge >= 0.3 is 5.97 Å². The van der Waals surface area contributed by atoms with Crippen LogP contribution in [0.15, 0.2) is 54.6 Å². The lowest BCUT2D eigenvalue weighted by atomic mass is 10.2. The van der Waals surface area contributed by atoms with E-state index in [1.165, 1.54) is 6.08 Å². The summed E-state index contributed by atoms with van der Waals surface area (Å²) in [7, 11) is 1.59. The predicted molar refractivity (Wildman–Crippen MR) is 85.3 cm³/mol. The normalized spacial score (nSPS) is 10.5. The molecular formula is C18H18O4. The highest BCUT2D eigenvalue weighted by atomic mass is 16.6. The zero-order valence-corrected chi connectivity index (χ0v) is 12.6. The highest BCUT2D eigenvalue weighted by Crippen LogP contribution is 2.26. The largest absolute Gasteiger partial charge is 0.496 e. The van der Waals surface area contributed by atoms with E-state index in [4.69, 9.17) is 14.2 Å². The lowest BCUT2D eigenvalue weighted by Gasteiger charge is -2.08. The minimum Gasteiger partial charge on any atom is -0.496 e. The summed E-state index contributed by atoms with van der Waals surface area (Å²) in [6.45, 7) is 2.38. The average Bonchev–Trinajstić information content (AvgIpc) is 2.55. The molecule has 0 radical (unpaired) electrons. The molecule has 0 saturated heterocycles. The van der Waals surface area contributed by atoms with Gasteiger partial charge in [-0.3, -0.25) is 0 Å². The Hall–Kier alpha value is -2.75. The summed E-state index contributed by atoms with van der Waals surface area (Å²) >= 11 is 0. The van der Waals surface area contributed by atoms with Crippen molar-refractivity contribution >= 4 is 12.0 Å². The molecular weight excluding hydrogens is 280 g/mol. The van der Waals surface area contributed by atoms with Gasteiger partial charge in [-0.05, 0) is 31.2 Å². The molecule has 0 N–H and O–H groups in total. The van der Waals surface area contributed by atoms with Crippen LogP contribution in [0.4, 0.5) is 0 Å². The molecule has 2 rings (SSSR count). The van der Waals surface area contributed by atoms with Gasteiger partial charge in [-0.25, -0.2) is 4.79 Å². The van der Waals surface area contributed by atoms with E-state index in [0.717, 1.165) is 5.56 Å². The van der Waals surface area contributed by atoms with Crippen molar-refractivity contribution < 1.29 is 19.0 Å². The second-order valence-corrected chi connectivity index (χ2v) is 4.38. The van der Waals surface area contributed by atoms with E-state index >= 15 is 0 Å². The minimum atomic E-state index is -0.474. The Morgan fingerprint density at radius 2 is 1.64 bits per heavy atom. The van der Waals surface area contributed by atoms with Crippen molar-refractivity contribution in [1.82, 2.24) is 0 Å². The number of esters is 1. The van der Waals surface area contributed by atoms with Crippen LogP contribution in [0.25, 0.3) is 6.08 Å². The van der Waals surface area contributed by atoms with Gasteiger partial charge in [-0.15, -0.1) is 0 Å². The maximum absolute atomic E-state index is 11.9. The van der Waals surface area contributed by atoms with Crippen LogP contribution in [-0.2, 0) is 4.79 Å². The third-order valence-corrected chi connectivity index (χ3v) is 2.90. The zero-order chi connectivity index (χ0) is 15.8. The molecule has 4 heteroatoms. The molecule has 2 aromatic rings. The zero-order valence-electron chi connectivity index (χ0n) is 12.6. The first-order chi connectivity index (χ1) is 10.7. The second kappa shape index (κ2) is 7.88. The van der Waals surface area contributed by atoms with Crippen molar-refractivity contribution in [1.29, 1.82) is 0 Å². The maximum atomic E-state index is 11.9. The van der Waals surface area contributed by atoms with Gasteiger partial charge in [-0.1, -0.05) is 30.3 Å². The Morgan fingerprint density at radius 3 is 2.32 bits per heavy atom. The number of carbonyl (C=O) groups is 1. The topological polar surface area (TPSA) is 44.8 Å². The highest BCUT2D eigenvalue weighted by molar-refractivity contribution is 5.89. The maximum Gasteiger partial charge on any atom is 0.336 e. The molecule has 2 aromatic carbocycles. The van der Waals surface area contributed by atoms with Crippen molar-refractivity contribution in [2.75, 3.05) is 13.7 Å². The monoisotopic (exact) mass is 298 g/mol. The van der Waals surface area contributed by atoms with E-state index in [1.54, 1.807) is 31.4 Å². The van der Waals surface area contributed by atoms with E-state index < -0.39 is 5.97 Å². The number of hydrogen-bond donors (Lipinski definition) is 0. The first-order valence-electron chi connectivity index (χ1n) is 6.99. The Kier molecular flexibility index (Phi) is 5.60. The number of ether oxygens (including phenoxy) is 3. The first kappa shape index (κ1) is 15.6. The van der Waals surface area contributed by atoms with Crippen LogP contribution in [-0.4, -0.2) is 19.7 Å². The Morgan fingerprint density at radius 1 is 1.00 bits per heavy atom. The molecule has 0 aliphatic carbocycles. The third-order valence-electron chi connectivity index (χ3n) is 2.90. The summed E-state index contributed by atoms with van der Waals surface area (Å²) in [5.41, 5.74) is 0.806. The van der Waals surface area contributed by atoms with Gasteiger partial charge in [0, 0.05) is 11.6 Å². The van der Waals surface area contributed by atoms with Gasteiger partial charge in [0.1, 0.15) is 5.75 Å². The summed E-state index contributed by atoms with van der Waals surface area (Å²) in [6.07, 6.45) is 3.02. The van der Waals surface area contributed by atoms with Crippen LogP contribution in [0.5, 0.6) is 17.2 Å². The fourth-order valence-corrected chi connectivity index (χ4v) is 1.91. The number of para-hydroxylation sites is 3. The molecule has 0 bridgehead atoms. The molecule has 4 nitrogen and oxygen atoms in total. The van der Waals surface area contributed by atoms with Crippen LogP contribution in [0, 0.1) is 0 Å². The molecule has 0 atom stereocenters. The van der Waals surface area contributed by atoms with Crippen molar-refractivity contribution in [3.63, 3.8) is 0 Å². The molecule has 0 aliphatic heterocycles. The Bertz CT molecular complexity index is 662. The van der Waals surface area contributed by atoms with E-state index in [2.05, 4.69) is 0 Å². The van der Waals surface area contributed by atoms with Crippen molar-refractivity contribution in [3.05, 3.63) is 60.2 Å². The summed E-state index contributed by atoms with van der Waals surface area (Å²) in [4.78, 5) is 11.9. The second-order valence-electron chi connectivity index (χ2n) is 4.38. The van der Waals surface area contributed by atoms with E-state index in [0.29, 0.717) is 23.9 Å². The van der Waals surface area contributed by atoms with Crippen LogP contribution in [0.3, 0.4) is 0 Å². The lowest BCUT2D eigenvalue weighted by Crippen LogP contribution is -2.05. The molecule has 0 aromatic heterocycles. The minimum absolute atomic E-state index is 0.402. The average molecular weight is 298 g/mol. The SMILES string of the molecule is CCOc1ccccc1OC(=O)C=Cc1ccccc1OC. The number of rotatable bonds is 6. The van der Waals surface area contributed by atoms with Crippen LogP contribution in [0.1, 0.15) is 12.5 Å². The lowest BCUT2D eigenvalue weighted by molar-refractivity contribution is -0.129. The first-order valence-corrected chi connectivity index (χ1v) is 6.99. The van der Waals surface area contributed by atoms with Crippen molar-refractivity contribution in [3.8, 4) is 17.2 Å². The van der Waals surface area contributed by atoms with Crippen molar-refractivity contribution in [2.24, 2.45) is 0 Å². The van der Waals surface area contributed by atoms with E-state index in [-0.39, 0.29) is 0 Å². The molecule has 0 heterocycles. The van der Waals surface area contributed by atoms with Crippen LogP contribution in [0.2, 0.25) is 0 Å². The van der Waals surface area contributed by atoms with Gasteiger partial charge in [0.2, 0.25) is 0 Å². The van der Waals surface area contributed by atoms with Gasteiger partial charge < -0.3 is 14.2 Å². The number of carbonyl (C=O) groups excluding carboxylic acids is 1. The third kappa shape index (κ3) is 4.12. The highest BCUT2D eigenvalue weighted by Gasteiger charge is 2.07. The quantitative estimate of drug-likeness (QED) is 0.463. The summed E-state index contributed by atoms with van der Waals surface area (Å²) in [6, 6.07) is 14.5. The number of hydrogen-bond acceptors (Lipinski definition) is 4. The van der Waals surface area contributed by atoms with Gasteiger partial charge in [0.25, 0.3) is 0 Å². The van der Waals surface area contributed by atoms with Crippen LogP contribution >= 0.6 is 0 Å². The van der Waals surface area contributed by atoms with Gasteiger partial charge in [-0.2, -0.15) is 0 Å². The van der Waals surface area contributed by atoms with E-state index in [9.17, 15) is 4.79 Å². The van der Waals surface area contributed by atoms with Crippen LogP contribution < -0.4 is 14.2 Å². The summed E-state index contributed by atoms with van der Waals surface area (Å²) < 4.78 is 15.9. The standard InChI is InChI=1S/C18H18O4/c1-3-21-16-10-6-7-11-17(16)22-18(19)13-12-14-8-4-5-9-15(14)20-2/h4-13H,3H2,1-2H3. The molecule has 0 aliphatic rings. The summed E-state index contributed by atoms with van der Waals surface area (Å²) in [5, 5.41) is 0. The summed E-state index contributed by atoms with van der Waals surface area (Å²) in [5.74, 6) is 1.17. The molecule has 0 amide bonds.